The second-order valence-corrected chi connectivity index (χ2v) is 6.50. The Morgan fingerprint density at radius 1 is 0.333 bits per heavy atom. The molecule has 0 spiro atoms. The zero-order chi connectivity index (χ0) is 30.2. The molecule has 0 aromatic heterocycles. The summed E-state index contributed by atoms with van der Waals surface area (Å²) in [5.41, 5.74) is 0. The average molecular weight is 600 g/mol. The molecule has 0 saturated heterocycles. The molecule has 0 radical (unpaired) electrons. The number of aliphatic hydroxyl groups is 1. The van der Waals surface area contributed by atoms with E-state index in [2.05, 4.69) is 0 Å². The summed E-state index contributed by atoms with van der Waals surface area (Å²) in [5.74, 6) is -80.1. The molecule has 0 bridgehead atoms. The number of hydrogen-bond donors (Lipinski definition) is 1. The molecule has 0 aromatic carbocycles. The molecule has 0 saturated carbocycles. The van der Waals surface area contributed by atoms with E-state index in [1.807, 2.05) is 0 Å². The first-order chi connectivity index (χ1) is 15.1. The van der Waals surface area contributed by atoms with Crippen LogP contribution in [-0.4, -0.2) is 77.1 Å². The summed E-state index contributed by atoms with van der Waals surface area (Å²) in [4.78, 5) is 0. The van der Waals surface area contributed by atoms with Gasteiger partial charge < -0.3 is 5.11 Å². The highest BCUT2D eigenvalue weighted by atomic mass is 19.4. The fourth-order valence-corrected chi connectivity index (χ4v) is 1.91. The lowest BCUT2D eigenvalue weighted by atomic mass is 9.85. The first-order valence-electron chi connectivity index (χ1n) is 7.53. The lowest BCUT2D eigenvalue weighted by Crippen LogP contribution is -2.77. The van der Waals surface area contributed by atoms with E-state index in [1.54, 1.807) is 0 Å². The van der Waals surface area contributed by atoms with Crippen molar-refractivity contribution < 1.29 is 106 Å². The van der Waals surface area contributed by atoms with Crippen molar-refractivity contribution in [2.24, 2.45) is 0 Å². The molecule has 1 atom stereocenters. The van der Waals surface area contributed by atoms with Crippen molar-refractivity contribution in [1.82, 2.24) is 0 Å². The van der Waals surface area contributed by atoms with Crippen molar-refractivity contribution in [1.29, 1.82) is 0 Å². The van der Waals surface area contributed by atoms with Crippen molar-refractivity contribution in [3.63, 3.8) is 0 Å². The molecular formula is C12H3F23O. The van der Waals surface area contributed by atoms with Gasteiger partial charge >= 0.3 is 59.4 Å². The lowest BCUT2D eigenvalue weighted by Gasteiger charge is -2.44. The van der Waals surface area contributed by atoms with Crippen LogP contribution in [0.15, 0.2) is 0 Å². The van der Waals surface area contributed by atoms with Crippen LogP contribution < -0.4 is 0 Å². The topological polar surface area (TPSA) is 20.2 Å². The van der Waals surface area contributed by atoms with Gasteiger partial charge in [-0.15, -0.1) is 0 Å². The smallest absolute Gasteiger partial charge is 0.331 e. The fourth-order valence-electron chi connectivity index (χ4n) is 1.91. The van der Waals surface area contributed by atoms with Crippen LogP contribution in [0.5, 0.6) is 0 Å². The van der Waals surface area contributed by atoms with Gasteiger partial charge in [0.2, 0.25) is 6.17 Å². The zero-order valence-corrected chi connectivity index (χ0v) is 15.3. The second kappa shape index (κ2) is 8.43. The predicted molar refractivity (Wildman–Crippen MR) is 62.6 cm³/mol. The Kier molecular flexibility index (Phi) is 8.04. The summed E-state index contributed by atoms with van der Waals surface area (Å²) >= 11 is 0. The summed E-state index contributed by atoms with van der Waals surface area (Å²) in [6.45, 7) is 0. The number of rotatable bonds is 11. The molecule has 1 N–H and O–H groups in total. The molecule has 36 heavy (non-hydrogen) atoms. The first-order valence-corrected chi connectivity index (χ1v) is 7.53. The third kappa shape index (κ3) is 3.98. The van der Waals surface area contributed by atoms with Gasteiger partial charge in [-0.3, -0.25) is 0 Å². The van der Waals surface area contributed by atoms with Gasteiger partial charge in [-0.25, -0.2) is 13.2 Å². The van der Waals surface area contributed by atoms with Crippen LogP contribution in [0.25, 0.3) is 0 Å². The highest BCUT2D eigenvalue weighted by Gasteiger charge is 2.98. The monoisotopic (exact) mass is 600 g/mol. The van der Waals surface area contributed by atoms with E-state index in [0.717, 1.165) is 0 Å². The van der Waals surface area contributed by atoms with Crippen LogP contribution in [0.3, 0.4) is 0 Å². The molecule has 0 fully saturated rings. The van der Waals surface area contributed by atoms with E-state index >= 15 is 0 Å². The highest BCUT2D eigenvalue weighted by molar-refractivity contribution is 5.18. The first kappa shape index (κ1) is 34.4. The minimum atomic E-state index is -9.37. The summed E-state index contributed by atoms with van der Waals surface area (Å²) in [6, 6.07) is 0. The van der Waals surface area contributed by atoms with Gasteiger partial charge in [-0.1, -0.05) is 0 Å². The van der Waals surface area contributed by atoms with Crippen molar-refractivity contribution in [3.8, 4) is 0 Å². The summed E-state index contributed by atoms with van der Waals surface area (Å²) in [6.07, 6.45) is -19.1. The maximum Gasteiger partial charge on any atom is 0.423 e. The van der Waals surface area contributed by atoms with Gasteiger partial charge in [0.25, 0.3) is 6.43 Å². The maximum absolute atomic E-state index is 13.4. The van der Waals surface area contributed by atoms with Crippen LogP contribution in [0.2, 0.25) is 0 Å². The molecule has 0 aliphatic heterocycles. The Hall–Kier alpha value is -1.65. The number of alkyl halides is 23. The van der Waals surface area contributed by atoms with Gasteiger partial charge in [0, 0.05) is 0 Å². The van der Waals surface area contributed by atoms with Gasteiger partial charge in [0.1, 0.15) is 0 Å². The van der Waals surface area contributed by atoms with Crippen LogP contribution in [-0.2, 0) is 0 Å². The molecule has 1 nitrogen and oxygen atoms in total. The van der Waals surface area contributed by atoms with Gasteiger partial charge in [-0.2, -0.15) is 87.8 Å². The normalized spacial score (nSPS) is 17.6. The molecule has 0 aromatic rings. The largest absolute Gasteiger partial charge is 0.423 e. The van der Waals surface area contributed by atoms with E-state index < -0.39 is 72.0 Å². The molecule has 24 heteroatoms. The Morgan fingerprint density at radius 2 is 0.528 bits per heavy atom. The molecule has 1 unspecified atom stereocenters. The van der Waals surface area contributed by atoms with Crippen molar-refractivity contribution in [2.45, 2.75) is 72.0 Å². The summed E-state index contributed by atoms with van der Waals surface area (Å²) < 4.78 is 297. The second-order valence-electron chi connectivity index (χ2n) is 6.50. The average Bonchev–Trinajstić information content (AvgIpc) is 2.64. The van der Waals surface area contributed by atoms with E-state index in [4.69, 9.17) is 5.11 Å². The Morgan fingerprint density at radius 3 is 0.722 bits per heavy atom. The highest BCUT2D eigenvalue weighted by Crippen LogP contribution is 2.66. The van der Waals surface area contributed by atoms with E-state index in [-0.39, 0.29) is 0 Å². The minimum absolute atomic E-state index is 5.54. The van der Waals surface area contributed by atoms with E-state index in [9.17, 15) is 101 Å². The molecule has 0 amide bonds. The Labute approximate surface area is 179 Å². The van der Waals surface area contributed by atoms with E-state index in [1.165, 1.54) is 0 Å². The molecule has 0 aliphatic carbocycles. The minimum Gasteiger partial charge on any atom is -0.331 e. The standard InChI is InChI=1S/C12H3F23O/c13-1(2(14)15)3(16,17)4(18,19)5(20,21)6(22,23)7(24,25)8(26,27)9(28,29)10(30,31)11(32,33)12(34,35)36/h1-2,36H. The van der Waals surface area contributed by atoms with Crippen molar-refractivity contribution in [2.75, 3.05) is 0 Å². The van der Waals surface area contributed by atoms with Gasteiger partial charge in [0.15, 0.2) is 0 Å². The SMILES string of the molecule is OC(F)(F)C(F)(F)C(F)(F)C(F)(F)C(F)(F)C(F)(F)C(F)(F)C(F)(F)C(F)(F)C(F)(F)C(F)C(F)F. The van der Waals surface area contributed by atoms with Crippen LogP contribution in [0.4, 0.5) is 101 Å². The summed E-state index contributed by atoms with van der Waals surface area (Å²) in [7, 11) is 0. The van der Waals surface area contributed by atoms with Crippen molar-refractivity contribution >= 4 is 0 Å². The molecule has 0 aliphatic rings. The Balaban J connectivity index is 7.12. The molecule has 218 valence electrons. The fraction of sp³-hybridized carbons (Fsp3) is 1.00. The van der Waals surface area contributed by atoms with Crippen LogP contribution in [0, 0.1) is 0 Å². The molecular weight excluding hydrogens is 597 g/mol. The quantitative estimate of drug-likeness (QED) is 0.256. The third-order valence-corrected chi connectivity index (χ3v) is 4.12. The zero-order valence-electron chi connectivity index (χ0n) is 15.3. The number of hydrogen-bond acceptors (Lipinski definition) is 1. The third-order valence-electron chi connectivity index (χ3n) is 4.12. The van der Waals surface area contributed by atoms with E-state index in [0.29, 0.717) is 0 Å². The number of halogens is 23. The van der Waals surface area contributed by atoms with Crippen LogP contribution in [0.1, 0.15) is 0 Å². The lowest BCUT2D eigenvalue weighted by molar-refractivity contribution is -0.480. The molecule has 0 rings (SSSR count). The Bertz CT molecular complexity index is 789. The van der Waals surface area contributed by atoms with Gasteiger partial charge in [0.05, 0.1) is 0 Å². The predicted octanol–water partition coefficient (Wildman–Crippen LogP) is 6.89. The van der Waals surface area contributed by atoms with Gasteiger partial charge in [-0.05, 0) is 0 Å². The summed E-state index contributed by atoms with van der Waals surface area (Å²) in [5, 5.41) is 7.42. The molecule has 0 heterocycles. The maximum atomic E-state index is 13.4. The van der Waals surface area contributed by atoms with Crippen LogP contribution >= 0.6 is 0 Å². The van der Waals surface area contributed by atoms with Crippen molar-refractivity contribution in [3.05, 3.63) is 0 Å².